The van der Waals surface area contributed by atoms with E-state index in [0.717, 1.165) is 18.2 Å². The van der Waals surface area contributed by atoms with Crippen LogP contribution < -0.4 is 4.74 Å². The number of alkyl halides is 3. The first kappa shape index (κ1) is 14.0. The lowest BCUT2D eigenvalue weighted by Crippen LogP contribution is -2.10. The number of ketones is 1. The zero-order chi connectivity index (χ0) is 14.8. The van der Waals surface area contributed by atoms with Gasteiger partial charge < -0.3 is 4.74 Å². The number of halogens is 3. The average Bonchev–Trinajstić information content (AvgIpc) is 2.45. The second kappa shape index (κ2) is 5.32. The first-order valence-electron chi connectivity index (χ1n) is 5.64. The Morgan fingerprint density at radius 2 is 1.95 bits per heavy atom. The highest BCUT2D eigenvalue weighted by Crippen LogP contribution is 2.33. The number of aromatic nitrogens is 1. The van der Waals surface area contributed by atoms with E-state index < -0.39 is 17.5 Å². The van der Waals surface area contributed by atoms with Gasteiger partial charge in [0.2, 0.25) is 5.78 Å². The molecule has 0 spiro atoms. The second-order valence-electron chi connectivity index (χ2n) is 3.96. The summed E-state index contributed by atoms with van der Waals surface area (Å²) in [6.45, 7) is 0. The standard InChI is InChI=1S/C14H10F3NO2/c1-20-12-6-5-9(14(15,16)17)8-10(12)13(19)11-4-2-3-7-18-11/h2-8H,1H3. The van der Waals surface area contributed by atoms with Gasteiger partial charge in [0.1, 0.15) is 11.4 Å². The number of carbonyl (C=O) groups is 1. The van der Waals surface area contributed by atoms with E-state index in [1.165, 1.54) is 19.4 Å². The Bertz CT molecular complexity index is 624. The summed E-state index contributed by atoms with van der Waals surface area (Å²) in [7, 11) is 1.29. The normalized spacial score (nSPS) is 11.2. The van der Waals surface area contributed by atoms with Crippen molar-refractivity contribution in [1.29, 1.82) is 0 Å². The molecule has 1 aromatic heterocycles. The fourth-order valence-corrected chi connectivity index (χ4v) is 1.70. The van der Waals surface area contributed by atoms with Crippen LogP contribution in [0.2, 0.25) is 0 Å². The molecular formula is C14H10F3NO2. The molecule has 0 amide bonds. The molecule has 6 heteroatoms. The molecule has 3 nitrogen and oxygen atoms in total. The number of ether oxygens (including phenoxy) is 1. The summed E-state index contributed by atoms with van der Waals surface area (Å²) in [4.78, 5) is 16.0. The van der Waals surface area contributed by atoms with Crippen LogP contribution in [0.15, 0.2) is 42.6 Å². The molecule has 2 rings (SSSR count). The predicted octanol–water partition coefficient (Wildman–Crippen LogP) is 3.34. The number of carbonyl (C=O) groups excluding carboxylic acids is 1. The van der Waals surface area contributed by atoms with E-state index in [1.807, 2.05) is 0 Å². The maximum absolute atomic E-state index is 12.7. The smallest absolute Gasteiger partial charge is 0.416 e. The van der Waals surface area contributed by atoms with Gasteiger partial charge in [-0.1, -0.05) is 6.07 Å². The van der Waals surface area contributed by atoms with Crippen LogP contribution in [0.3, 0.4) is 0 Å². The quantitative estimate of drug-likeness (QED) is 0.810. The topological polar surface area (TPSA) is 39.2 Å². The third-order valence-corrected chi connectivity index (χ3v) is 2.67. The van der Waals surface area contributed by atoms with Gasteiger partial charge in [0.15, 0.2) is 0 Å². The van der Waals surface area contributed by atoms with Crippen LogP contribution >= 0.6 is 0 Å². The summed E-state index contributed by atoms with van der Waals surface area (Å²) in [5.41, 5.74) is -1.01. The summed E-state index contributed by atoms with van der Waals surface area (Å²) in [5, 5.41) is 0. The van der Waals surface area contributed by atoms with Gasteiger partial charge in [0.05, 0.1) is 18.2 Å². The third-order valence-electron chi connectivity index (χ3n) is 2.67. The van der Waals surface area contributed by atoms with Crippen LogP contribution in [0.5, 0.6) is 5.75 Å². The zero-order valence-electron chi connectivity index (χ0n) is 10.4. The Hall–Kier alpha value is -2.37. The molecule has 0 aliphatic carbocycles. The first-order valence-corrected chi connectivity index (χ1v) is 5.64. The van der Waals surface area contributed by atoms with E-state index in [1.54, 1.807) is 12.1 Å². The van der Waals surface area contributed by atoms with Gasteiger partial charge in [-0.05, 0) is 30.3 Å². The van der Waals surface area contributed by atoms with Gasteiger partial charge in [-0.3, -0.25) is 9.78 Å². The van der Waals surface area contributed by atoms with Crippen molar-refractivity contribution in [3.63, 3.8) is 0 Å². The number of nitrogens with zero attached hydrogens (tertiary/aromatic N) is 1. The summed E-state index contributed by atoms with van der Waals surface area (Å²) in [6.07, 6.45) is -3.13. The van der Waals surface area contributed by atoms with Crippen LogP contribution in [0.25, 0.3) is 0 Å². The highest BCUT2D eigenvalue weighted by Gasteiger charge is 2.32. The second-order valence-corrected chi connectivity index (χ2v) is 3.96. The van der Waals surface area contributed by atoms with Crippen molar-refractivity contribution in [1.82, 2.24) is 4.98 Å². The fraction of sp³-hybridized carbons (Fsp3) is 0.143. The van der Waals surface area contributed by atoms with E-state index in [0.29, 0.717) is 0 Å². The Labute approximate surface area is 113 Å². The van der Waals surface area contributed by atoms with Gasteiger partial charge in [-0.2, -0.15) is 13.2 Å². The molecule has 2 aromatic rings. The van der Waals surface area contributed by atoms with Gasteiger partial charge in [0, 0.05) is 6.20 Å². The lowest BCUT2D eigenvalue weighted by Gasteiger charge is -2.11. The summed E-state index contributed by atoms with van der Waals surface area (Å²) in [5.74, 6) is -0.540. The highest BCUT2D eigenvalue weighted by atomic mass is 19.4. The van der Waals surface area contributed by atoms with E-state index in [4.69, 9.17) is 4.74 Å². The fourth-order valence-electron chi connectivity index (χ4n) is 1.70. The number of methoxy groups -OCH3 is 1. The monoisotopic (exact) mass is 281 g/mol. The molecular weight excluding hydrogens is 271 g/mol. The molecule has 1 aromatic carbocycles. The molecule has 0 radical (unpaired) electrons. The predicted molar refractivity (Wildman–Crippen MR) is 65.7 cm³/mol. The molecule has 0 unspecified atom stereocenters. The molecule has 20 heavy (non-hydrogen) atoms. The summed E-state index contributed by atoms with van der Waals surface area (Å²) in [6, 6.07) is 7.39. The molecule has 0 saturated heterocycles. The zero-order valence-corrected chi connectivity index (χ0v) is 10.4. The molecule has 1 heterocycles. The van der Waals surface area contributed by atoms with E-state index in [-0.39, 0.29) is 17.0 Å². The van der Waals surface area contributed by atoms with Crippen LogP contribution in [-0.4, -0.2) is 17.9 Å². The number of rotatable bonds is 3. The van der Waals surface area contributed by atoms with E-state index >= 15 is 0 Å². The Kier molecular flexibility index (Phi) is 3.74. The maximum atomic E-state index is 12.7. The first-order chi connectivity index (χ1) is 9.43. The maximum Gasteiger partial charge on any atom is 0.416 e. The van der Waals surface area contributed by atoms with Crippen molar-refractivity contribution in [2.45, 2.75) is 6.18 Å². The van der Waals surface area contributed by atoms with Crippen molar-refractivity contribution < 1.29 is 22.7 Å². The Morgan fingerprint density at radius 1 is 1.20 bits per heavy atom. The van der Waals surface area contributed by atoms with Gasteiger partial charge in [0.25, 0.3) is 0 Å². The van der Waals surface area contributed by atoms with Crippen molar-refractivity contribution in [3.8, 4) is 5.75 Å². The van der Waals surface area contributed by atoms with Crippen molar-refractivity contribution in [2.75, 3.05) is 7.11 Å². The number of pyridine rings is 1. The van der Waals surface area contributed by atoms with Gasteiger partial charge >= 0.3 is 6.18 Å². The molecule has 0 N–H and O–H groups in total. The van der Waals surface area contributed by atoms with Crippen LogP contribution in [0.1, 0.15) is 21.6 Å². The largest absolute Gasteiger partial charge is 0.496 e. The minimum absolute atomic E-state index is 0.0603. The lowest BCUT2D eigenvalue weighted by molar-refractivity contribution is -0.137. The lowest BCUT2D eigenvalue weighted by atomic mass is 10.0. The van der Waals surface area contributed by atoms with Crippen molar-refractivity contribution >= 4 is 5.78 Å². The number of hydrogen-bond donors (Lipinski definition) is 0. The van der Waals surface area contributed by atoms with Crippen LogP contribution in [0.4, 0.5) is 13.2 Å². The van der Waals surface area contributed by atoms with E-state index in [9.17, 15) is 18.0 Å². The molecule has 0 fully saturated rings. The average molecular weight is 281 g/mol. The van der Waals surface area contributed by atoms with E-state index in [2.05, 4.69) is 4.98 Å². The van der Waals surface area contributed by atoms with Crippen LogP contribution in [-0.2, 0) is 6.18 Å². The minimum Gasteiger partial charge on any atom is -0.496 e. The van der Waals surface area contributed by atoms with Crippen LogP contribution in [0, 0.1) is 0 Å². The third kappa shape index (κ3) is 2.79. The summed E-state index contributed by atoms with van der Waals surface area (Å²) < 4.78 is 43.0. The van der Waals surface area contributed by atoms with Gasteiger partial charge in [-0.15, -0.1) is 0 Å². The Balaban J connectivity index is 2.52. The molecule has 0 aliphatic heterocycles. The SMILES string of the molecule is COc1ccc(C(F)(F)F)cc1C(=O)c1ccccn1. The minimum atomic E-state index is -4.52. The number of benzene rings is 1. The molecule has 0 aliphatic rings. The van der Waals surface area contributed by atoms with Crippen molar-refractivity contribution in [3.05, 3.63) is 59.4 Å². The highest BCUT2D eigenvalue weighted by molar-refractivity contribution is 6.09. The molecule has 0 bridgehead atoms. The summed E-state index contributed by atoms with van der Waals surface area (Å²) >= 11 is 0. The molecule has 104 valence electrons. The molecule has 0 atom stereocenters. The Morgan fingerprint density at radius 3 is 2.50 bits per heavy atom. The number of hydrogen-bond acceptors (Lipinski definition) is 3. The van der Waals surface area contributed by atoms with Gasteiger partial charge in [-0.25, -0.2) is 0 Å². The van der Waals surface area contributed by atoms with Crippen molar-refractivity contribution in [2.24, 2.45) is 0 Å². The molecule has 0 saturated carbocycles.